The van der Waals surface area contributed by atoms with Crippen molar-refractivity contribution in [2.75, 3.05) is 5.73 Å². The maximum Gasteiger partial charge on any atom is 0.248 e. The summed E-state index contributed by atoms with van der Waals surface area (Å²) < 4.78 is 0. The number of nitroso groups, excluding NO2 is 2. The number of primary amides is 1. The second-order valence-electron chi connectivity index (χ2n) is 2.47. The number of rotatable bonds is 3. The molecule has 1 amide bonds. The molecule has 0 aliphatic carbocycles. The van der Waals surface area contributed by atoms with Crippen LogP contribution in [0.3, 0.4) is 0 Å². The first-order chi connectivity index (χ1) is 6.60. The molecule has 0 saturated heterocycles. The summed E-state index contributed by atoms with van der Waals surface area (Å²) >= 11 is 0. The second-order valence-corrected chi connectivity index (χ2v) is 2.47. The lowest BCUT2D eigenvalue weighted by Crippen LogP contribution is -2.10. The molecule has 0 heterocycles. The summed E-state index contributed by atoms with van der Waals surface area (Å²) in [4.78, 5) is 31.2. The average Bonchev–Trinajstić information content (AvgIpc) is 2.17. The molecule has 0 aromatic heterocycles. The van der Waals surface area contributed by atoms with Gasteiger partial charge >= 0.3 is 0 Å². The largest absolute Gasteiger partial charge is 0.395 e. The predicted molar refractivity (Wildman–Crippen MR) is 50.3 cm³/mol. The normalized spacial score (nSPS) is 9.43. The summed E-state index contributed by atoms with van der Waals surface area (Å²) in [6.07, 6.45) is 0. The Hall–Kier alpha value is -2.31. The minimum absolute atomic E-state index is 0.0385. The minimum Gasteiger partial charge on any atom is -0.395 e. The average molecular weight is 194 g/mol. The number of nitrogens with zero attached hydrogens (tertiary/aromatic N) is 2. The molecule has 0 aliphatic rings. The van der Waals surface area contributed by atoms with Gasteiger partial charge in [0.1, 0.15) is 11.4 Å². The van der Waals surface area contributed by atoms with Gasteiger partial charge in [0, 0.05) is 5.56 Å². The van der Waals surface area contributed by atoms with Gasteiger partial charge in [-0.1, -0.05) is 0 Å². The number of amides is 1. The molecule has 7 heteroatoms. The third kappa shape index (κ3) is 1.56. The van der Waals surface area contributed by atoms with Crippen molar-refractivity contribution in [1.29, 1.82) is 0 Å². The minimum atomic E-state index is -0.792. The molecule has 0 bridgehead atoms. The van der Waals surface area contributed by atoms with E-state index in [-0.39, 0.29) is 22.6 Å². The van der Waals surface area contributed by atoms with E-state index in [2.05, 4.69) is 10.4 Å². The molecule has 1 aromatic rings. The third-order valence-corrected chi connectivity index (χ3v) is 1.62. The van der Waals surface area contributed by atoms with Crippen molar-refractivity contribution in [3.63, 3.8) is 0 Å². The van der Waals surface area contributed by atoms with Crippen molar-refractivity contribution in [2.24, 2.45) is 16.1 Å². The van der Waals surface area contributed by atoms with E-state index in [1.165, 1.54) is 0 Å². The van der Waals surface area contributed by atoms with E-state index in [0.29, 0.717) is 0 Å². The van der Waals surface area contributed by atoms with Gasteiger partial charge in [0.15, 0.2) is 0 Å². The van der Waals surface area contributed by atoms with E-state index in [1.807, 2.05) is 0 Å². The second kappa shape index (κ2) is 3.60. The number of benzene rings is 1. The molecule has 72 valence electrons. The Morgan fingerprint density at radius 2 is 1.57 bits per heavy atom. The van der Waals surface area contributed by atoms with Gasteiger partial charge < -0.3 is 11.5 Å². The number of carbonyl (C=O) groups is 1. The Bertz CT molecular complexity index is 386. The predicted octanol–water partition coefficient (Wildman–Crippen LogP) is 1.16. The fourth-order valence-electron chi connectivity index (χ4n) is 0.916. The van der Waals surface area contributed by atoms with Crippen LogP contribution in [0.2, 0.25) is 0 Å². The lowest BCUT2D eigenvalue weighted by Gasteiger charge is -2.01. The fourth-order valence-corrected chi connectivity index (χ4v) is 0.916. The third-order valence-electron chi connectivity index (χ3n) is 1.62. The van der Waals surface area contributed by atoms with Gasteiger partial charge in [-0.2, -0.15) is 0 Å². The molecule has 14 heavy (non-hydrogen) atoms. The molecule has 0 saturated carbocycles. The van der Waals surface area contributed by atoms with Gasteiger partial charge in [0.25, 0.3) is 0 Å². The summed E-state index contributed by atoms with van der Waals surface area (Å²) in [7, 11) is 0. The lowest BCUT2D eigenvalue weighted by atomic mass is 10.1. The number of hydrogen-bond acceptors (Lipinski definition) is 6. The molecule has 0 aliphatic heterocycles. The Balaban J connectivity index is 3.46. The smallest absolute Gasteiger partial charge is 0.248 e. The Morgan fingerprint density at radius 1 is 1.14 bits per heavy atom. The molecule has 0 fully saturated rings. The zero-order valence-electron chi connectivity index (χ0n) is 6.93. The van der Waals surface area contributed by atoms with Gasteiger partial charge in [0.05, 0.1) is 5.69 Å². The quantitative estimate of drug-likeness (QED) is 0.552. The summed E-state index contributed by atoms with van der Waals surface area (Å²) in [6, 6.07) is 2.19. The van der Waals surface area contributed by atoms with Crippen LogP contribution in [0.15, 0.2) is 22.5 Å². The van der Waals surface area contributed by atoms with Crippen molar-refractivity contribution < 1.29 is 4.79 Å². The van der Waals surface area contributed by atoms with Crippen LogP contribution >= 0.6 is 0 Å². The number of carbonyl (C=O) groups excluding carboxylic acids is 1. The molecule has 7 nitrogen and oxygen atoms in total. The highest BCUT2D eigenvalue weighted by Gasteiger charge is 2.11. The van der Waals surface area contributed by atoms with E-state index in [0.717, 1.165) is 12.1 Å². The van der Waals surface area contributed by atoms with Crippen LogP contribution in [0.4, 0.5) is 17.1 Å². The van der Waals surface area contributed by atoms with E-state index < -0.39 is 5.91 Å². The number of anilines is 1. The van der Waals surface area contributed by atoms with E-state index in [9.17, 15) is 14.6 Å². The molecule has 4 N–H and O–H groups in total. The van der Waals surface area contributed by atoms with Crippen molar-refractivity contribution in [3.8, 4) is 0 Å². The van der Waals surface area contributed by atoms with Crippen molar-refractivity contribution in [1.82, 2.24) is 0 Å². The van der Waals surface area contributed by atoms with E-state index >= 15 is 0 Å². The molecular weight excluding hydrogens is 188 g/mol. The van der Waals surface area contributed by atoms with Crippen LogP contribution < -0.4 is 11.5 Å². The molecule has 1 rings (SSSR count). The first-order valence-corrected chi connectivity index (χ1v) is 3.50. The Kier molecular flexibility index (Phi) is 2.52. The maximum atomic E-state index is 10.7. The number of hydrogen-bond donors (Lipinski definition) is 2. The van der Waals surface area contributed by atoms with Gasteiger partial charge in [-0.25, -0.2) is 0 Å². The first-order valence-electron chi connectivity index (χ1n) is 3.50. The summed E-state index contributed by atoms with van der Waals surface area (Å²) in [5, 5.41) is 5.08. The lowest BCUT2D eigenvalue weighted by molar-refractivity contribution is 0.100. The highest BCUT2D eigenvalue weighted by Crippen LogP contribution is 2.33. The Labute approximate surface area is 78.0 Å². The zero-order chi connectivity index (χ0) is 10.7. The highest BCUT2D eigenvalue weighted by molar-refractivity contribution is 5.97. The summed E-state index contributed by atoms with van der Waals surface area (Å²) in [6.45, 7) is 0. The van der Waals surface area contributed by atoms with E-state index in [1.54, 1.807) is 0 Å². The van der Waals surface area contributed by atoms with Gasteiger partial charge in [-0.15, -0.1) is 9.81 Å². The van der Waals surface area contributed by atoms with Crippen molar-refractivity contribution in [3.05, 3.63) is 27.5 Å². The molecule has 0 unspecified atom stereocenters. The SMILES string of the molecule is NC(=O)c1cc(N=O)c(N)c(N=O)c1. The summed E-state index contributed by atoms with van der Waals surface area (Å²) in [5.41, 5.74) is 9.62. The standard InChI is InChI=1S/C7H6N4O3/c8-6-4(10-13)1-3(7(9)12)2-5(6)11-14/h1-2H,8H2,(H2,9,12). The molecule has 0 radical (unpaired) electrons. The monoisotopic (exact) mass is 194 g/mol. The highest BCUT2D eigenvalue weighted by atomic mass is 16.3. The summed E-state index contributed by atoms with van der Waals surface area (Å²) in [5.74, 6) is -0.792. The van der Waals surface area contributed by atoms with Crippen LogP contribution in [0.5, 0.6) is 0 Å². The first kappa shape index (κ1) is 9.78. The zero-order valence-corrected chi connectivity index (χ0v) is 6.93. The number of nitrogens with two attached hydrogens (primary N) is 2. The number of nitrogen functional groups attached to an aromatic ring is 1. The van der Waals surface area contributed by atoms with Crippen molar-refractivity contribution in [2.45, 2.75) is 0 Å². The molecule has 0 atom stereocenters. The maximum absolute atomic E-state index is 10.7. The van der Waals surface area contributed by atoms with Crippen LogP contribution in [0.1, 0.15) is 10.4 Å². The molecule has 0 spiro atoms. The van der Waals surface area contributed by atoms with E-state index in [4.69, 9.17) is 11.5 Å². The topological polar surface area (TPSA) is 128 Å². The molecule has 1 aromatic carbocycles. The van der Waals surface area contributed by atoms with Gasteiger partial charge in [0.2, 0.25) is 5.91 Å². The van der Waals surface area contributed by atoms with Gasteiger partial charge in [-0.3, -0.25) is 4.79 Å². The van der Waals surface area contributed by atoms with Crippen LogP contribution in [-0.4, -0.2) is 5.91 Å². The van der Waals surface area contributed by atoms with Crippen LogP contribution in [0.25, 0.3) is 0 Å². The van der Waals surface area contributed by atoms with Crippen LogP contribution in [-0.2, 0) is 0 Å². The molecular formula is C7H6N4O3. The van der Waals surface area contributed by atoms with Crippen LogP contribution in [0, 0.1) is 9.81 Å². The van der Waals surface area contributed by atoms with Crippen molar-refractivity contribution >= 4 is 23.0 Å². The fraction of sp³-hybridized carbons (Fsp3) is 0. The van der Waals surface area contributed by atoms with Gasteiger partial charge in [-0.05, 0) is 22.5 Å². The Morgan fingerprint density at radius 3 is 1.86 bits per heavy atom.